The van der Waals surface area contributed by atoms with E-state index in [9.17, 15) is 0 Å². The Morgan fingerprint density at radius 3 is 1.29 bits per heavy atom. The molecule has 0 atom stereocenters. The summed E-state index contributed by atoms with van der Waals surface area (Å²) in [6.45, 7) is 0. The number of fused-ring (bicyclic) bond motifs is 7. The van der Waals surface area contributed by atoms with Gasteiger partial charge in [-0.2, -0.15) is 0 Å². The van der Waals surface area contributed by atoms with Crippen LogP contribution in [0, 0.1) is 0 Å². The Labute approximate surface area is 342 Å². The Balaban J connectivity index is 1.06. The van der Waals surface area contributed by atoms with Crippen molar-refractivity contribution < 1.29 is 0 Å². The van der Waals surface area contributed by atoms with Crippen molar-refractivity contribution in [3.63, 3.8) is 0 Å². The maximum atomic E-state index is 2.40. The van der Waals surface area contributed by atoms with E-state index in [1.165, 1.54) is 86.2 Å². The minimum absolute atomic E-state index is 1.10. The first kappa shape index (κ1) is 34.0. The van der Waals surface area contributed by atoms with Gasteiger partial charge in [-0.05, 0) is 104 Å². The van der Waals surface area contributed by atoms with Gasteiger partial charge in [0.1, 0.15) is 0 Å². The molecular weight excluding hydrogens is 719 g/mol. The Morgan fingerprint density at radius 1 is 0.276 bits per heavy atom. The number of nitrogens with zero attached hydrogens (tertiary/aromatic N) is 1. The lowest BCUT2D eigenvalue weighted by Gasteiger charge is -2.26. The number of anilines is 3. The summed E-state index contributed by atoms with van der Waals surface area (Å²) in [6, 6.07) is 81.7. The predicted molar refractivity (Wildman–Crippen MR) is 251 cm³/mol. The maximum absolute atomic E-state index is 2.40. The SMILES string of the molecule is c1ccc(-c2ccc(N(c3ccc(-c4ccccc4)cc3)c3ccc(-c4cc(-c5ccccc5)cc5c4sc4c5ccc5ccc6ccccc6c54)cc3)cc2)cc1. The van der Waals surface area contributed by atoms with Crippen LogP contribution in [0.1, 0.15) is 0 Å². The molecule has 0 aliphatic carbocycles. The molecule has 0 bridgehead atoms. The molecule has 0 aliphatic heterocycles. The fraction of sp³-hybridized carbons (Fsp3) is 0. The van der Waals surface area contributed by atoms with E-state index in [1.807, 2.05) is 11.3 Å². The minimum Gasteiger partial charge on any atom is -0.311 e. The molecule has 1 heterocycles. The zero-order valence-corrected chi connectivity index (χ0v) is 32.5. The third-order valence-corrected chi connectivity index (χ3v) is 12.7. The Hall–Kier alpha value is -7.26. The molecule has 272 valence electrons. The summed E-state index contributed by atoms with van der Waals surface area (Å²) < 4.78 is 2.66. The maximum Gasteiger partial charge on any atom is 0.0462 e. The van der Waals surface area contributed by atoms with Crippen LogP contribution in [0.2, 0.25) is 0 Å². The molecular formula is C56H37NS. The van der Waals surface area contributed by atoms with Gasteiger partial charge in [0.25, 0.3) is 0 Å². The normalized spacial score (nSPS) is 11.4. The smallest absolute Gasteiger partial charge is 0.0462 e. The number of rotatable bonds is 7. The largest absolute Gasteiger partial charge is 0.311 e. The van der Waals surface area contributed by atoms with E-state index >= 15 is 0 Å². The van der Waals surface area contributed by atoms with E-state index in [0.29, 0.717) is 0 Å². The molecule has 11 rings (SSSR count). The van der Waals surface area contributed by atoms with Gasteiger partial charge >= 0.3 is 0 Å². The van der Waals surface area contributed by atoms with Gasteiger partial charge in [0, 0.05) is 48.2 Å². The molecule has 0 saturated carbocycles. The van der Waals surface area contributed by atoms with Gasteiger partial charge in [-0.15, -0.1) is 11.3 Å². The zero-order chi connectivity index (χ0) is 38.4. The van der Waals surface area contributed by atoms with Crippen molar-refractivity contribution in [2.45, 2.75) is 0 Å². The Morgan fingerprint density at radius 2 is 0.724 bits per heavy atom. The van der Waals surface area contributed by atoms with Crippen LogP contribution in [0.15, 0.2) is 224 Å². The number of benzene rings is 10. The van der Waals surface area contributed by atoms with Crippen molar-refractivity contribution in [1.82, 2.24) is 0 Å². The summed E-state index contributed by atoms with van der Waals surface area (Å²) in [5, 5.41) is 7.81. The van der Waals surface area contributed by atoms with Crippen LogP contribution < -0.4 is 4.90 Å². The summed E-state index contributed by atoms with van der Waals surface area (Å²) in [6.07, 6.45) is 0. The lowest BCUT2D eigenvalue weighted by molar-refractivity contribution is 1.28. The average Bonchev–Trinajstić information content (AvgIpc) is 3.69. The van der Waals surface area contributed by atoms with E-state index in [0.717, 1.165) is 17.1 Å². The molecule has 0 N–H and O–H groups in total. The van der Waals surface area contributed by atoms with Gasteiger partial charge in [-0.25, -0.2) is 0 Å². The van der Waals surface area contributed by atoms with Crippen molar-refractivity contribution >= 4 is 70.1 Å². The van der Waals surface area contributed by atoms with Crippen LogP contribution in [-0.4, -0.2) is 0 Å². The van der Waals surface area contributed by atoms with Crippen molar-refractivity contribution in [2.75, 3.05) is 4.90 Å². The fourth-order valence-corrected chi connectivity index (χ4v) is 9.93. The molecule has 58 heavy (non-hydrogen) atoms. The van der Waals surface area contributed by atoms with Gasteiger partial charge in [0.05, 0.1) is 0 Å². The Kier molecular flexibility index (Phi) is 8.42. The summed E-state index contributed by atoms with van der Waals surface area (Å²) in [4.78, 5) is 2.36. The second kappa shape index (κ2) is 14.4. The highest BCUT2D eigenvalue weighted by molar-refractivity contribution is 7.27. The van der Waals surface area contributed by atoms with Crippen molar-refractivity contribution in [3.8, 4) is 44.5 Å². The quantitative estimate of drug-likeness (QED) is 0.146. The molecule has 0 aliphatic rings. The van der Waals surface area contributed by atoms with Gasteiger partial charge in [0.2, 0.25) is 0 Å². The summed E-state index contributed by atoms with van der Waals surface area (Å²) >= 11 is 1.92. The van der Waals surface area contributed by atoms with E-state index in [-0.39, 0.29) is 0 Å². The number of hydrogen-bond donors (Lipinski definition) is 0. The van der Waals surface area contributed by atoms with E-state index in [1.54, 1.807) is 0 Å². The van der Waals surface area contributed by atoms with Crippen LogP contribution in [-0.2, 0) is 0 Å². The third-order valence-electron chi connectivity index (χ3n) is 11.5. The van der Waals surface area contributed by atoms with E-state index in [4.69, 9.17) is 0 Å². The first-order valence-corrected chi connectivity index (χ1v) is 20.6. The van der Waals surface area contributed by atoms with Gasteiger partial charge < -0.3 is 4.90 Å². The van der Waals surface area contributed by atoms with Crippen LogP contribution in [0.25, 0.3) is 86.2 Å². The highest BCUT2D eigenvalue weighted by Crippen LogP contribution is 2.47. The van der Waals surface area contributed by atoms with Crippen molar-refractivity contribution in [1.29, 1.82) is 0 Å². The number of hydrogen-bond acceptors (Lipinski definition) is 2. The molecule has 11 aromatic rings. The summed E-state index contributed by atoms with van der Waals surface area (Å²) in [7, 11) is 0. The lowest BCUT2D eigenvalue weighted by atomic mass is 9.94. The predicted octanol–water partition coefficient (Wildman–Crippen LogP) is 16.5. The van der Waals surface area contributed by atoms with Gasteiger partial charge in [-0.1, -0.05) is 176 Å². The number of thiophene rings is 1. The van der Waals surface area contributed by atoms with Crippen molar-refractivity contribution in [2.24, 2.45) is 0 Å². The Bertz CT molecular complexity index is 3140. The first-order chi connectivity index (χ1) is 28.7. The van der Waals surface area contributed by atoms with Gasteiger partial charge in [-0.3, -0.25) is 0 Å². The summed E-state index contributed by atoms with van der Waals surface area (Å²) in [5.41, 5.74) is 13.0. The highest BCUT2D eigenvalue weighted by atomic mass is 32.1. The van der Waals surface area contributed by atoms with Crippen LogP contribution in [0.4, 0.5) is 17.1 Å². The van der Waals surface area contributed by atoms with E-state index in [2.05, 4.69) is 229 Å². The molecule has 0 unspecified atom stereocenters. The molecule has 2 heteroatoms. The molecule has 0 saturated heterocycles. The second-order valence-electron chi connectivity index (χ2n) is 14.9. The van der Waals surface area contributed by atoms with Crippen LogP contribution in [0.5, 0.6) is 0 Å². The van der Waals surface area contributed by atoms with Crippen LogP contribution >= 0.6 is 11.3 Å². The molecule has 0 amide bonds. The van der Waals surface area contributed by atoms with E-state index < -0.39 is 0 Å². The average molecular weight is 756 g/mol. The molecule has 0 radical (unpaired) electrons. The molecule has 10 aromatic carbocycles. The van der Waals surface area contributed by atoms with Crippen LogP contribution in [0.3, 0.4) is 0 Å². The second-order valence-corrected chi connectivity index (χ2v) is 15.9. The first-order valence-electron chi connectivity index (χ1n) is 19.8. The summed E-state index contributed by atoms with van der Waals surface area (Å²) in [5.74, 6) is 0. The molecule has 0 fully saturated rings. The monoisotopic (exact) mass is 755 g/mol. The topological polar surface area (TPSA) is 3.24 Å². The minimum atomic E-state index is 1.10. The standard InChI is InChI=1S/C56H37NS/c1-4-12-38(13-5-1)41-22-29-47(30-23-41)57(48-31-24-42(25-32-48)39-14-6-2-7-15-39)49-33-26-44(27-34-49)52-36-46(40-16-8-3-9-17-40)37-53-51-35-28-45-21-20-43-18-10-11-19-50(43)54(45)56(51)58-55(52)53/h1-37H. The van der Waals surface area contributed by atoms with Crippen molar-refractivity contribution in [3.05, 3.63) is 224 Å². The van der Waals surface area contributed by atoms with Gasteiger partial charge in [0.15, 0.2) is 0 Å². The molecule has 1 aromatic heterocycles. The molecule has 0 spiro atoms. The fourth-order valence-electron chi connectivity index (χ4n) is 8.54. The lowest BCUT2D eigenvalue weighted by Crippen LogP contribution is -2.09. The zero-order valence-electron chi connectivity index (χ0n) is 31.7. The molecule has 1 nitrogen and oxygen atoms in total. The third kappa shape index (κ3) is 6.03. The highest BCUT2D eigenvalue weighted by Gasteiger charge is 2.18.